The highest BCUT2D eigenvalue weighted by molar-refractivity contribution is 14.0. The van der Waals surface area contributed by atoms with Crippen LogP contribution in [0.15, 0.2) is 35.6 Å². The fourth-order valence-corrected chi connectivity index (χ4v) is 3.31. The summed E-state index contributed by atoms with van der Waals surface area (Å²) in [6, 6.07) is 3.71. The summed E-state index contributed by atoms with van der Waals surface area (Å²) in [7, 11) is 0. The summed E-state index contributed by atoms with van der Waals surface area (Å²) >= 11 is 0. The lowest BCUT2D eigenvalue weighted by Crippen LogP contribution is -2.51. The summed E-state index contributed by atoms with van der Waals surface area (Å²) < 4.78 is 39.9. The largest absolute Gasteiger partial charge is 0.370 e. The van der Waals surface area contributed by atoms with Gasteiger partial charge in [-0.2, -0.15) is 0 Å². The SMILES string of the molecule is I.NC(=N[C@@H]1C[C@H]1c1cc(F)c(F)c(F)c1)N1CCN(c2ncccn2)CC1. The predicted molar refractivity (Wildman–Crippen MR) is 110 cm³/mol. The number of aromatic nitrogens is 2. The molecule has 10 heteroatoms. The average Bonchev–Trinajstić information content (AvgIpc) is 3.45. The van der Waals surface area contributed by atoms with Crippen LogP contribution in [-0.2, 0) is 0 Å². The summed E-state index contributed by atoms with van der Waals surface area (Å²) in [6.07, 6.45) is 4.06. The van der Waals surface area contributed by atoms with Crippen LogP contribution < -0.4 is 10.6 Å². The molecule has 0 unspecified atom stereocenters. The quantitative estimate of drug-likeness (QED) is 0.301. The van der Waals surface area contributed by atoms with Gasteiger partial charge in [0.15, 0.2) is 23.4 Å². The Morgan fingerprint density at radius 1 is 1.04 bits per heavy atom. The normalized spacial score (nSPS) is 22.0. The van der Waals surface area contributed by atoms with E-state index in [1.165, 1.54) is 0 Å². The zero-order valence-corrected chi connectivity index (χ0v) is 17.3. The van der Waals surface area contributed by atoms with E-state index in [2.05, 4.69) is 19.9 Å². The molecule has 1 aromatic carbocycles. The molecule has 2 fully saturated rings. The number of aliphatic imine (C=N–C) groups is 1. The van der Waals surface area contributed by atoms with Crippen LogP contribution in [0, 0.1) is 17.5 Å². The van der Waals surface area contributed by atoms with Crippen molar-refractivity contribution in [3.8, 4) is 0 Å². The second kappa shape index (κ2) is 8.50. The molecule has 1 aliphatic heterocycles. The summed E-state index contributed by atoms with van der Waals surface area (Å²) in [5, 5.41) is 0. The van der Waals surface area contributed by atoms with Gasteiger partial charge in [-0.1, -0.05) is 0 Å². The van der Waals surface area contributed by atoms with Crippen molar-refractivity contribution in [1.29, 1.82) is 0 Å². The molecule has 28 heavy (non-hydrogen) atoms. The minimum Gasteiger partial charge on any atom is -0.370 e. The van der Waals surface area contributed by atoms with Crippen LogP contribution in [0.25, 0.3) is 0 Å². The standard InChI is InChI=1S/C18H19F3N6.HI/c19-13-8-11(9-14(20)16(13)21)12-10-15(12)25-17(22)26-4-6-27(7-5-26)18-23-2-1-3-24-18;/h1-3,8-9,12,15H,4-7,10H2,(H2,22,25);1H/t12-,15+;/m0./s1. The molecule has 1 aromatic heterocycles. The van der Waals surface area contributed by atoms with Crippen molar-refractivity contribution in [3.05, 3.63) is 53.6 Å². The topological polar surface area (TPSA) is 70.6 Å². The van der Waals surface area contributed by atoms with Crippen LogP contribution in [0.5, 0.6) is 0 Å². The third-order valence-corrected chi connectivity index (χ3v) is 4.93. The van der Waals surface area contributed by atoms with Crippen molar-refractivity contribution in [2.24, 2.45) is 10.7 Å². The minimum atomic E-state index is -1.45. The number of halogens is 4. The van der Waals surface area contributed by atoms with Crippen LogP contribution in [0.4, 0.5) is 19.1 Å². The molecular weight excluding hydrogens is 484 g/mol. The molecule has 4 rings (SSSR count). The second-order valence-electron chi connectivity index (χ2n) is 6.72. The van der Waals surface area contributed by atoms with Gasteiger partial charge in [-0.3, -0.25) is 0 Å². The maximum absolute atomic E-state index is 13.4. The molecule has 2 N–H and O–H groups in total. The highest BCUT2D eigenvalue weighted by Crippen LogP contribution is 2.44. The van der Waals surface area contributed by atoms with Gasteiger partial charge in [0.25, 0.3) is 0 Å². The Labute approximate surface area is 177 Å². The lowest BCUT2D eigenvalue weighted by atomic mass is 10.1. The van der Waals surface area contributed by atoms with E-state index in [9.17, 15) is 13.2 Å². The van der Waals surface area contributed by atoms with Crippen LogP contribution in [0.2, 0.25) is 0 Å². The first kappa shape index (κ1) is 20.6. The molecule has 2 atom stereocenters. The highest BCUT2D eigenvalue weighted by atomic mass is 127. The van der Waals surface area contributed by atoms with E-state index in [-0.39, 0.29) is 35.9 Å². The molecule has 2 aliphatic rings. The number of hydrogen-bond donors (Lipinski definition) is 1. The van der Waals surface area contributed by atoms with Crippen LogP contribution in [0.3, 0.4) is 0 Å². The Morgan fingerprint density at radius 3 is 2.25 bits per heavy atom. The molecule has 0 spiro atoms. The Morgan fingerprint density at radius 2 is 1.64 bits per heavy atom. The molecule has 0 radical (unpaired) electrons. The van der Waals surface area contributed by atoms with Gasteiger partial charge in [-0.05, 0) is 30.2 Å². The monoisotopic (exact) mass is 504 g/mol. The lowest BCUT2D eigenvalue weighted by Gasteiger charge is -2.35. The van der Waals surface area contributed by atoms with E-state index in [0.29, 0.717) is 37.0 Å². The maximum Gasteiger partial charge on any atom is 0.225 e. The number of nitrogens with zero attached hydrogens (tertiary/aromatic N) is 5. The highest BCUT2D eigenvalue weighted by Gasteiger charge is 2.40. The fourth-order valence-electron chi connectivity index (χ4n) is 3.31. The number of anilines is 1. The minimum absolute atomic E-state index is 0. The lowest BCUT2D eigenvalue weighted by molar-refractivity contribution is 0.378. The third-order valence-electron chi connectivity index (χ3n) is 4.93. The van der Waals surface area contributed by atoms with Gasteiger partial charge in [-0.15, -0.1) is 24.0 Å². The third kappa shape index (κ3) is 4.31. The molecular formula is C18H20F3IN6. The fraction of sp³-hybridized carbons (Fsp3) is 0.389. The molecule has 1 saturated carbocycles. The zero-order valence-electron chi connectivity index (χ0n) is 14.9. The first-order chi connectivity index (χ1) is 13.0. The smallest absolute Gasteiger partial charge is 0.225 e. The van der Waals surface area contributed by atoms with Gasteiger partial charge < -0.3 is 15.5 Å². The number of guanidine groups is 1. The van der Waals surface area contributed by atoms with Crippen molar-refractivity contribution in [2.75, 3.05) is 31.1 Å². The molecule has 6 nitrogen and oxygen atoms in total. The first-order valence-corrected chi connectivity index (χ1v) is 8.77. The van der Waals surface area contributed by atoms with E-state index in [0.717, 1.165) is 25.2 Å². The van der Waals surface area contributed by atoms with Gasteiger partial charge in [0.05, 0.1) is 6.04 Å². The van der Waals surface area contributed by atoms with Crippen LogP contribution in [0.1, 0.15) is 17.9 Å². The Balaban J connectivity index is 0.00000225. The molecule has 0 bridgehead atoms. The van der Waals surface area contributed by atoms with Gasteiger partial charge in [0.2, 0.25) is 5.95 Å². The number of rotatable bonds is 3. The first-order valence-electron chi connectivity index (χ1n) is 8.77. The molecule has 2 heterocycles. The Kier molecular flexibility index (Phi) is 6.26. The van der Waals surface area contributed by atoms with Gasteiger partial charge >= 0.3 is 0 Å². The van der Waals surface area contributed by atoms with Gasteiger partial charge in [0.1, 0.15) is 0 Å². The van der Waals surface area contributed by atoms with Gasteiger partial charge in [-0.25, -0.2) is 28.1 Å². The Bertz CT molecular complexity index is 835. The average molecular weight is 504 g/mol. The van der Waals surface area contributed by atoms with Gasteiger partial charge in [0, 0.05) is 44.5 Å². The van der Waals surface area contributed by atoms with Crippen molar-refractivity contribution >= 4 is 35.9 Å². The van der Waals surface area contributed by atoms with E-state index in [4.69, 9.17) is 5.73 Å². The molecule has 150 valence electrons. The van der Waals surface area contributed by atoms with Crippen molar-refractivity contribution < 1.29 is 13.2 Å². The van der Waals surface area contributed by atoms with Crippen LogP contribution >= 0.6 is 24.0 Å². The maximum atomic E-state index is 13.4. The molecule has 1 aliphatic carbocycles. The van der Waals surface area contributed by atoms with E-state index in [1.54, 1.807) is 18.5 Å². The summed E-state index contributed by atoms with van der Waals surface area (Å²) in [6.45, 7) is 2.82. The van der Waals surface area contributed by atoms with Crippen LogP contribution in [-0.4, -0.2) is 53.0 Å². The van der Waals surface area contributed by atoms with Crippen molar-refractivity contribution in [2.45, 2.75) is 18.4 Å². The Hall–Kier alpha value is -2.11. The zero-order chi connectivity index (χ0) is 19.0. The second-order valence-corrected chi connectivity index (χ2v) is 6.72. The van der Waals surface area contributed by atoms with Crippen molar-refractivity contribution in [1.82, 2.24) is 14.9 Å². The van der Waals surface area contributed by atoms with Crippen molar-refractivity contribution in [3.63, 3.8) is 0 Å². The molecule has 1 saturated heterocycles. The number of piperazine rings is 1. The van der Waals surface area contributed by atoms with E-state index in [1.807, 2.05) is 4.90 Å². The predicted octanol–water partition coefficient (Wildman–Crippen LogP) is 2.50. The van der Waals surface area contributed by atoms with E-state index < -0.39 is 17.5 Å². The molecule has 0 amide bonds. The molecule has 2 aromatic rings. The summed E-state index contributed by atoms with van der Waals surface area (Å²) in [5.74, 6) is -2.82. The summed E-state index contributed by atoms with van der Waals surface area (Å²) in [5.41, 5.74) is 6.53. The number of nitrogens with two attached hydrogens (primary N) is 1. The number of hydrogen-bond acceptors (Lipinski definition) is 4. The van der Waals surface area contributed by atoms with E-state index >= 15 is 0 Å². The summed E-state index contributed by atoms with van der Waals surface area (Å²) in [4.78, 5) is 17.0. The number of benzene rings is 1.